The summed E-state index contributed by atoms with van der Waals surface area (Å²) in [6.45, 7) is 5.76. The van der Waals surface area contributed by atoms with Gasteiger partial charge in [-0.15, -0.1) is 0 Å². The molecule has 0 aliphatic heterocycles. The lowest BCUT2D eigenvalue weighted by molar-refractivity contribution is 0.387. The van der Waals surface area contributed by atoms with Crippen LogP contribution >= 0.6 is 0 Å². The lowest BCUT2D eigenvalue weighted by atomic mass is 9.97. The molecule has 0 aliphatic rings. The fraction of sp³-hybridized carbons (Fsp3) is 0.294. The van der Waals surface area contributed by atoms with Crippen molar-refractivity contribution in [2.75, 3.05) is 13.7 Å². The molecule has 0 radical (unpaired) electrons. The van der Waals surface area contributed by atoms with Crippen molar-refractivity contribution in [1.29, 1.82) is 0 Å². The van der Waals surface area contributed by atoms with E-state index in [1.165, 1.54) is 7.11 Å². The maximum absolute atomic E-state index is 14.4. The van der Waals surface area contributed by atoms with Crippen LogP contribution in [0.25, 0.3) is 11.1 Å². The van der Waals surface area contributed by atoms with Gasteiger partial charge in [0.15, 0.2) is 11.6 Å². The van der Waals surface area contributed by atoms with Crippen LogP contribution in [0.2, 0.25) is 0 Å². The predicted octanol–water partition coefficient (Wildman–Crippen LogP) is 3.92. The summed E-state index contributed by atoms with van der Waals surface area (Å²) >= 11 is 0. The molecule has 20 heavy (non-hydrogen) atoms. The quantitative estimate of drug-likeness (QED) is 0.891. The largest absolute Gasteiger partial charge is 0.494 e. The highest BCUT2D eigenvalue weighted by atomic mass is 19.1. The summed E-state index contributed by atoms with van der Waals surface area (Å²) in [5.74, 6) is -0.0299. The van der Waals surface area contributed by atoms with Gasteiger partial charge in [0.2, 0.25) is 0 Å². The Morgan fingerprint density at radius 2 is 1.95 bits per heavy atom. The summed E-state index contributed by atoms with van der Waals surface area (Å²) < 4.78 is 19.4. The van der Waals surface area contributed by atoms with Crippen LogP contribution in [0.15, 0.2) is 36.4 Å². The van der Waals surface area contributed by atoms with Crippen molar-refractivity contribution in [1.82, 2.24) is 5.32 Å². The number of halogens is 1. The van der Waals surface area contributed by atoms with Crippen molar-refractivity contribution >= 4 is 0 Å². The molecule has 2 rings (SSSR count). The Hall–Kier alpha value is -1.87. The molecule has 0 saturated carbocycles. The fourth-order valence-electron chi connectivity index (χ4n) is 2.22. The number of benzene rings is 2. The molecule has 0 aliphatic carbocycles. The topological polar surface area (TPSA) is 21.3 Å². The van der Waals surface area contributed by atoms with Crippen molar-refractivity contribution in [3.63, 3.8) is 0 Å². The van der Waals surface area contributed by atoms with Crippen LogP contribution in [-0.4, -0.2) is 13.7 Å². The lowest BCUT2D eigenvalue weighted by Crippen LogP contribution is -2.11. The fourth-order valence-corrected chi connectivity index (χ4v) is 2.22. The first-order chi connectivity index (χ1) is 9.67. The van der Waals surface area contributed by atoms with E-state index >= 15 is 0 Å². The van der Waals surface area contributed by atoms with Crippen molar-refractivity contribution in [2.24, 2.45) is 0 Å². The highest BCUT2D eigenvalue weighted by molar-refractivity contribution is 5.70. The van der Waals surface area contributed by atoms with Crippen LogP contribution in [0, 0.1) is 12.7 Å². The molecule has 0 heterocycles. The number of hydrogen-bond acceptors (Lipinski definition) is 2. The maximum Gasteiger partial charge on any atom is 0.172 e. The minimum Gasteiger partial charge on any atom is -0.494 e. The van der Waals surface area contributed by atoms with Crippen LogP contribution in [0.3, 0.4) is 0 Å². The lowest BCUT2D eigenvalue weighted by Gasteiger charge is -2.12. The summed E-state index contributed by atoms with van der Waals surface area (Å²) in [7, 11) is 1.48. The zero-order valence-corrected chi connectivity index (χ0v) is 12.2. The van der Waals surface area contributed by atoms with Crippen molar-refractivity contribution in [2.45, 2.75) is 20.4 Å². The summed E-state index contributed by atoms with van der Waals surface area (Å²) in [6, 6.07) is 11.4. The zero-order chi connectivity index (χ0) is 14.5. The van der Waals surface area contributed by atoms with Gasteiger partial charge in [-0.05, 0) is 42.3 Å². The van der Waals surface area contributed by atoms with Gasteiger partial charge in [-0.25, -0.2) is 4.39 Å². The molecule has 2 aromatic rings. The average molecular weight is 273 g/mol. The smallest absolute Gasteiger partial charge is 0.172 e. The highest BCUT2D eigenvalue weighted by Crippen LogP contribution is 2.31. The molecule has 0 fully saturated rings. The Morgan fingerprint density at radius 1 is 1.15 bits per heavy atom. The molecule has 0 unspecified atom stereocenters. The number of nitrogens with one attached hydrogen (secondary N) is 1. The third kappa shape index (κ3) is 2.99. The van der Waals surface area contributed by atoms with E-state index in [-0.39, 0.29) is 11.6 Å². The molecule has 0 atom stereocenters. The molecule has 0 amide bonds. The number of ether oxygens (including phenoxy) is 1. The van der Waals surface area contributed by atoms with Gasteiger partial charge < -0.3 is 10.1 Å². The third-order valence-electron chi connectivity index (χ3n) is 3.35. The summed E-state index contributed by atoms with van der Waals surface area (Å²) in [5, 5.41) is 3.28. The van der Waals surface area contributed by atoms with Gasteiger partial charge in [-0.2, -0.15) is 0 Å². The number of hydrogen-bond donors (Lipinski definition) is 1. The van der Waals surface area contributed by atoms with Gasteiger partial charge in [0.25, 0.3) is 0 Å². The normalized spacial score (nSPS) is 10.6. The predicted molar refractivity (Wildman–Crippen MR) is 80.5 cm³/mol. The van der Waals surface area contributed by atoms with E-state index in [2.05, 4.69) is 18.3 Å². The molecule has 0 aromatic heterocycles. The van der Waals surface area contributed by atoms with Crippen molar-refractivity contribution < 1.29 is 9.13 Å². The zero-order valence-electron chi connectivity index (χ0n) is 12.2. The standard InChI is InChI=1S/C17H20FNO/c1-4-19-11-13-9-8-12(2)15(10-13)14-6-5-7-16(20-3)17(14)18/h5-10,19H,4,11H2,1-3H3. The number of methoxy groups -OCH3 is 1. The van der Waals surface area contributed by atoms with Crippen LogP contribution < -0.4 is 10.1 Å². The molecule has 2 nitrogen and oxygen atoms in total. The van der Waals surface area contributed by atoms with Crippen LogP contribution in [0.5, 0.6) is 5.75 Å². The van der Waals surface area contributed by atoms with Gasteiger partial charge in [0, 0.05) is 12.1 Å². The molecule has 0 bridgehead atoms. The van der Waals surface area contributed by atoms with E-state index in [1.807, 2.05) is 25.1 Å². The van der Waals surface area contributed by atoms with E-state index in [1.54, 1.807) is 12.1 Å². The van der Waals surface area contributed by atoms with Crippen molar-refractivity contribution in [3.05, 3.63) is 53.3 Å². The molecule has 106 valence electrons. The second kappa shape index (κ2) is 6.53. The Labute approximate surface area is 119 Å². The first-order valence-electron chi connectivity index (χ1n) is 6.80. The minimum atomic E-state index is -0.307. The second-order valence-corrected chi connectivity index (χ2v) is 4.75. The van der Waals surface area contributed by atoms with Crippen LogP contribution in [0.1, 0.15) is 18.1 Å². The average Bonchev–Trinajstić information content (AvgIpc) is 2.47. The van der Waals surface area contributed by atoms with Gasteiger partial charge in [0.05, 0.1) is 7.11 Å². The molecule has 0 saturated heterocycles. The Kier molecular flexibility index (Phi) is 4.74. The maximum atomic E-state index is 14.4. The van der Waals surface area contributed by atoms with Crippen LogP contribution in [0.4, 0.5) is 4.39 Å². The molecule has 1 N–H and O–H groups in total. The highest BCUT2D eigenvalue weighted by Gasteiger charge is 2.12. The first-order valence-corrected chi connectivity index (χ1v) is 6.80. The minimum absolute atomic E-state index is 0.277. The van der Waals surface area contributed by atoms with Gasteiger partial charge in [0.1, 0.15) is 0 Å². The SMILES string of the molecule is CCNCc1ccc(C)c(-c2cccc(OC)c2F)c1. The third-order valence-corrected chi connectivity index (χ3v) is 3.35. The summed E-state index contributed by atoms with van der Waals surface area (Å²) in [6.07, 6.45) is 0. The van der Waals surface area contributed by atoms with Crippen LogP contribution in [-0.2, 0) is 6.54 Å². The Bertz CT molecular complexity index is 596. The molecule has 0 spiro atoms. The van der Waals surface area contributed by atoms with E-state index in [4.69, 9.17) is 4.74 Å². The van der Waals surface area contributed by atoms with Crippen molar-refractivity contribution in [3.8, 4) is 16.9 Å². The molecule has 3 heteroatoms. The first kappa shape index (κ1) is 14.5. The number of aryl methyl sites for hydroxylation is 1. The van der Waals surface area contributed by atoms with E-state index in [0.29, 0.717) is 5.56 Å². The summed E-state index contributed by atoms with van der Waals surface area (Å²) in [4.78, 5) is 0. The monoisotopic (exact) mass is 273 g/mol. The van der Waals surface area contributed by atoms with E-state index in [9.17, 15) is 4.39 Å². The van der Waals surface area contributed by atoms with Gasteiger partial charge in [-0.3, -0.25) is 0 Å². The molecular formula is C17H20FNO. The van der Waals surface area contributed by atoms with E-state index in [0.717, 1.165) is 29.8 Å². The number of rotatable bonds is 5. The van der Waals surface area contributed by atoms with E-state index < -0.39 is 0 Å². The molecule has 2 aromatic carbocycles. The van der Waals surface area contributed by atoms with Gasteiger partial charge >= 0.3 is 0 Å². The summed E-state index contributed by atoms with van der Waals surface area (Å²) in [5.41, 5.74) is 3.70. The second-order valence-electron chi connectivity index (χ2n) is 4.75. The molecular weight excluding hydrogens is 253 g/mol. The Balaban J connectivity index is 2.46. The van der Waals surface area contributed by atoms with Gasteiger partial charge in [-0.1, -0.05) is 31.2 Å². The Morgan fingerprint density at radius 3 is 2.65 bits per heavy atom.